The van der Waals surface area contributed by atoms with Gasteiger partial charge in [-0.05, 0) is 48.9 Å². The molecule has 0 aliphatic rings. The predicted octanol–water partition coefficient (Wildman–Crippen LogP) is 5.14. The fourth-order valence-electron chi connectivity index (χ4n) is 3.46. The molecule has 0 aliphatic carbocycles. The summed E-state index contributed by atoms with van der Waals surface area (Å²) in [5.41, 5.74) is 0.813. The molecule has 0 bridgehead atoms. The average molecular weight is 434 g/mol. The molecule has 0 radical (unpaired) electrons. The number of methoxy groups -OCH3 is 2. The summed E-state index contributed by atoms with van der Waals surface area (Å²) in [6.45, 7) is 1.67. The van der Waals surface area contributed by atoms with E-state index in [4.69, 9.17) is 18.6 Å². The van der Waals surface area contributed by atoms with E-state index < -0.39 is 11.8 Å². The Balaban J connectivity index is 1.74. The first-order valence-electron chi connectivity index (χ1n) is 9.69. The molecule has 0 saturated heterocycles. The number of fused-ring (bicyclic) bond motifs is 1. The smallest absolute Gasteiger partial charge is 0.346 e. The first kappa shape index (κ1) is 21.1. The molecule has 0 amide bonds. The van der Waals surface area contributed by atoms with E-state index in [9.17, 15) is 14.0 Å². The van der Waals surface area contributed by atoms with Crippen LogP contribution in [0.1, 0.15) is 16.1 Å². The Morgan fingerprint density at radius 1 is 0.938 bits per heavy atom. The fourth-order valence-corrected chi connectivity index (χ4v) is 3.46. The molecule has 0 aliphatic heterocycles. The average Bonchev–Trinajstić information content (AvgIpc) is 2.79. The van der Waals surface area contributed by atoms with E-state index in [2.05, 4.69) is 0 Å². The Morgan fingerprint density at radius 3 is 2.41 bits per heavy atom. The van der Waals surface area contributed by atoms with Crippen molar-refractivity contribution in [2.45, 2.75) is 6.92 Å². The molecular formula is C25H19FO6. The van der Waals surface area contributed by atoms with Gasteiger partial charge in [0.2, 0.25) is 5.43 Å². The summed E-state index contributed by atoms with van der Waals surface area (Å²) in [6, 6.07) is 15.1. The van der Waals surface area contributed by atoms with Crippen LogP contribution in [0.4, 0.5) is 4.39 Å². The summed E-state index contributed by atoms with van der Waals surface area (Å²) in [4.78, 5) is 25.5. The number of carbonyl (C=O) groups excluding carboxylic acids is 1. The van der Waals surface area contributed by atoms with Gasteiger partial charge in [0.1, 0.15) is 22.9 Å². The van der Waals surface area contributed by atoms with Crippen molar-refractivity contribution in [3.8, 4) is 28.4 Å². The number of rotatable bonds is 5. The summed E-state index contributed by atoms with van der Waals surface area (Å²) >= 11 is 0. The third-order valence-electron chi connectivity index (χ3n) is 5.02. The molecule has 0 spiro atoms. The molecule has 3 aromatic carbocycles. The Hall–Kier alpha value is -4.13. The fraction of sp³-hybridized carbons (Fsp3) is 0.120. The van der Waals surface area contributed by atoms with E-state index in [1.54, 1.807) is 25.1 Å². The minimum Gasteiger partial charge on any atom is -0.493 e. The summed E-state index contributed by atoms with van der Waals surface area (Å²) in [5, 5.41) is 0.311. The lowest BCUT2D eigenvalue weighted by atomic mass is 10.0. The number of hydrogen-bond donors (Lipinski definition) is 0. The molecule has 32 heavy (non-hydrogen) atoms. The van der Waals surface area contributed by atoms with Crippen LogP contribution in [0.25, 0.3) is 22.1 Å². The van der Waals surface area contributed by atoms with Crippen LogP contribution in [0.2, 0.25) is 0 Å². The van der Waals surface area contributed by atoms with Gasteiger partial charge in [0, 0.05) is 6.07 Å². The lowest BCUT2D eigenvalue weighted by molar-refractivity contribution is 0.0730. The normalized spacial score (nSPS) is 10.8. The topological polar surface area (TPSA) is 75.0 Å². The molecule has 0 atom stereocenters. The van der Waals surface area contributed by atoms with Gasteiger partial charge in [0.25, 0.3) is 0 Å². The molecule has 0 N–H and O–H groups in total. The molecule has 6 nitrogen and oxygen atoms in total. The van der Waals surface area contributed by atoms with Crippen molar-refractivity contribution in [2.24, 2.45) is 0 Å². The maximum atomic E-state index is 13.8. The van der Waals surface area contributed by atoms with Crippen LogP contribution in [0.5, 0.6) is 17.2 Å². The lowest BCUT2D eigenvalue weighted by Gasteiger charge is -2.12. The van der Waals surface area contributed by atoms with E-state index in [0.717, 1.165) is 0 Å². The number of carbonyl (C=O) groups is 1. The highest BCUT2D eigenvalue weighted by Gasteiger charge is 2.18. The number of aryl methyl sites for hydroxylation is 1. The monoisotopic (exact) mass is 434 g/mol. The molecule has 1 heterocycles. The van der Waals surface area contributed by atoms with Crippen LogP contribution in [0, 0.1) is 12.7 Å². The third kappa shape index (κ3) is 3.80. The second-order valence-electron chi connectivity index (χ2n) is 6.96. The number of ether oxygens (including phenoxy) is 3. The largest absolute Gasteiger partial charge is 0.493 e. The van der Waals surface area contributed by atoms with Crippen molar-refractivity contribution in [3.05, 3.63) is 88.0 Å². The van der Waals surface area contributed by atoms with Crippen molar-refractivity contribution in [1.29, 1.82) is 0 Å². The molecule has 0 unspecified atom stereocenters. The van der Waals surface area contributed by atoms with E-state index in [0.29, 0.717) is 33.8 Å². The molecule has 0 fully saturated rings. The highest BCUT2D eigenvalue weighted by atomic mass is 19.1. The Morgan fingerprint density at radius 2 is 1.69 bits per heavy atom. The first-order valence-corrected chi connectivity index (χ1v) is 9.69. The van der Waals surface area contributed by atoms with Gasteiger partial charge < -0.3 is 18.6 Å². The van der Waals surface area contributed by atoms with Gasteiger partial charge in [-0.3, -0.25) is 4.79 Å². The second kappa shape index (κ2) is 8.55. The minimum absolute atomic E-state index is 0.132. The molecule has 1 aromatic heterocycles. The van der Waals surface area contributed by atoms with Crippen molar-refractivity contribution >= 4 is 16.9 Å². The zero-order valence-electron chi connectivity index (χ0n) is 17.6. The van der Waals surface area contributed by atoms with Crippen LogP contribution in [0.15, 0.2) is 69.9 Å². The molecule has 4 aromatic rings. The SMILES string of the molecule is COc1ccc(-c2c(C)oc3cc(OC(=O)c4ccccc4F)ccc3c2=O)cc1OC. The zero-order valence-corrected chi connectivity index (χ0v) is 17.6. The zero-order chi connectivity index (χ0) is 22.8. The maximum absolute atomic E-state index is 13.8. The molecule has 162 valence electrons. The lowest BCUT2D eigenvalue weighted by Crippen LogP contribution is -2.11. The summed E-state index contributed by atoms with van der Waals surface area (Å²) < 4.78 is 35.6. The predicted molar refractivity (Wildman–Crippen MR) is 117 cm³/mol. The van der Waals surface area contributed by atoms with Crippen molar-refractivity contribution in [3.63, 3.8) is 0 Å². The highest BCUT2D eigenvalue weighted by Crippen LogP contribution is 2.33. The molecule has 4 rings (SSSR count). The van der Waals surface area contributed by atoms with E-state index >= 15 is 0 Å². The van der Waals surface area contributed by atoms with Gasteiger partial charge in [-0.15, -0.1) is 0 Å². The first-order chi connectivity index (χ1) is 15.4. The van der Waals surface area contributed by atoms with E-state index in [-0.39, 0.29) is 22.3 Å². The van der Waals surface area contributed by atoms with Gasteiger partial charge in [0.15, 0.2) is 11.5 Å². The van der Waals surface area contributed by atoms with Crippen LogP contribution >= 0.6 is 0 Å². The maximum Gasteiger partial charge on any atom is 0.346 e. The Labute approximate surface area is 182 Å². The van der Waals surface area contributed by atoms with E-state index in [1.807, 2.05) is 0 Å². The molecule has 7 heteroatoms. The van der Waals surface area contributed by atoms with E-state index in [1.165, 1.54) is 56.7 Å². The van der Waals surface area contributed by atoms with Crippen molar-refractivity contribution in [2.75, 3.05) is 14.2 Å². The van der Waals surface area contributed by atoms with Crippen LogP contribution in [0.3, 0.4) is 0 Å². The number of benzene rings is 3. The Kier molecular flexibility index (Phi) is 5.64. The summed E-state index contributed by atoms with van der Waals surface area (Å²) in [5.74, 6) is 0.0165. The van der Waals surface area contributed by atoms with Crippen LogP contribution in [-0.2, 0) is 0 Å². The standard InChI is InChI=1S/C25H19FO6/c1-14-23(15-8-11-20(29-2)22(12-15)30-3)24(27)18-10-9-16(13-21(18)31-14)32-25(28)17-6-4-5-7-19(17)26/h4-13H,1-3H3. The van der Waals surface area contributed by atoms with Crippen LogP contribution < -0.4 is 19.6 Å². The summed E-state index contributed by atoms with van der Waals surface area (Å²) in [7, 11) is 3.05. The Bertz CT molecular complexity index is 1390. The highest BCUT2D eigenvalue weighted by molar-refractivity contribution is 5.92. The number of esters is 1. The van der Waals surface area contributed by atoms with Crippen molar-refractivity contribution in [1.82, 2.24) is 0 Å². The van der Waals surface area contributed by atoms with Gasteiger partial charge in [-0.25, -0.2) is 9.18 Å². The number of hydrogen-bond acceptors (Lipinski definition) is 6. The van der Waals surface area contributed by atoms with Gasteiger partial charge in [0.05, 0.1) is 30.7 Å². The second-order valence-corrected chi connectivity index (χ2v) is 6.96. The number of halogens is 1. The van der Waals surface area contributed by atoms with Gasteiger partial charge in [-0.2, -0.15) is 0 Å². The summed E-state index contributed by atoms with van der Waals surface area (Å²) in [6.07, 6.45) is 0. The van der Waals surface area contributed by atoms with Crippen LogP contribution in [-0.4, -0.2) is 20.2 Å². The van der Waals surface area contributed by atoms with Gasteiger partial charge in [-0.1, -0.05) is 18.2 Å². The third-order valence-corrected chi connectivity index (χ3v) is 5.02. The quantitative estimate of drug-likeness (QED) is 0.320. The van der Waals surface area contributed by atoms with Gasteiger partial charge >= 0.3 is 5.97 Å². The molecular weight excluding hydrogens is 415 g/mol. The van der Waals surface area contributed by atoms with Crippen molar-refractivity contribution < 1.29 is 27.8 Å². The molecule has 0 saturated carbocycles. The minimum atomic E-state index is -0.844.